The highest BCUT2D eigenvalue weighted by molar-refractivity contribution is 6.74. The largest absolute Gasteiger partial charge is 0.445 e. The summed E-state index contributed by atoms with van der Waals surface area (Å²) in [5.74, 6) is 0.0799. The van der Waals surface area contributed by atoms with Crippen molar-refractivity contribution in [3.05, 3.63) is 99.4 Å². The second kappa shape index (κ2) is 13.4. The lowest BCUT2D eigenvalue weighted by molar-refractivity contribution is -0.137. The Morgan fingerprint density at radius 3 is 2.22 bits per heavy atom. The maximum atomic E-state index is 13.6. The molecule has 0 N–H and O–H groups in total. The van der Waals surface area contributed by atoms with Crippen LogP contribution in [-0.2, 0) is 33.1 Å². The van der Waals surface area contributed by atoms with E-state index in [1.54, 1.807) is 4.90 Å². The highest BCUT2D eigenvalue weighted by Crippen LogP contribution is 2.55. The van der Waals surface area contributed by atoms with E-state index in [1.807, 2.05) is 37.3 Å². The topological polar surface area (TPSA) is 60.9 Å². The van der Waals surface area contributed by atoms with Crippen LogP contribution in [0.2, 0.25) is 18.1 Å². The Labute approximate surface area is 295 Å². The van der Waals surface area contributed by atoms with Crippen molar-refractivity contribution < 1.29 is 31.9 Å². The zero-order valence-electron chi connectivity index (χ0n) is 30.6. The van der Waals surface area contributed by atoms with Gasteiger partial charge in [0, 0.05) is 29.9 Å². The fraction of sp³-hybridized carbons (Fsp3) is 0.550. The predicted octanol–water partition coefficient (Wildman–Crippen LogP) is 10.8. The number of hydrogen-bond donors (Lipinski definition) is 0. The molecule has 3 aromatic rings. The van der Waals surface area contributed by atoms with E-state index in [2.05, 4.69) is 47.7 Å². The molecular weight excluding hydrogens is 658 g/mol. The van der Waals surface area contributed by atoms with Crippen LogP contribution in [0.15, 0.2) is 54.6 Å². The molecule has 0 bridgehead atoms. The van der Waals surface area contributed by atoms with E-state index in [0.717, 1.165) is 58.6 Å². The molecule has 6 rings (SSSR count). The number of alkyl halides is 3. The lowest BCUT2D eigenvalue weighted by Gasteiger charge is -2.46. The molecule has 3 aliphatic rings. The predicted molar refractivity (Wildman–Crippen MR) is 190 cm³/mol. The first-order valence-electron chi connectivity index (χ1n) is 17.9. The Balaban J connectivity index is 1.41. The van der Waals surface area contributed by atoms with Crippen LogP contribution in [0, 0.1) is 5.41 Å². The van der Waals surface area contributed by atoms with E-state index >= 15 is 0 Å². The molecule has 1 amide bonds. The van der Waals surface area contributed by atoms with Crippen LogP contribution in [-0.4, -0.2) is 37.4 Å². The summed E-state index contributed by atoms with van der Waals surface area (Å²) >= 11 is 0. The average molecular weight is 709 g/mol. The zero-order valence-corrected chi connectivity index (χ0v) is 31.6. The summed E-state index contributed by atoms with van der Waals surface area (Å²) in [4.78, 5) is 20.3. The summed E-state index contributed by atoms with van der Waals surface area (Å²) in [6, 6.07) is 15.0. The standard InChI is InChI=1S/C40H51F3N2O4Si/c1-25-35-34(36(48-25)28-14-16-29(17-15-28)40(41,42)43)32(27-18-20-45(21-19-27)37(46)47-24-26-12-10-9-11-13-26)33-30(44-35)22-39(5,6)23-31(33)49-50(7,8)38(2,3)4/h9-17,25,27,31,36H,18-24H2,1-8H3. The molecule has 1 aromatic heterocycles. The van der Waals surface area contributed by atoms with Gasteiger partial charge in [-0.15, -0.1) is 0 Å². The van der Waals surface area contributed by atoms with Crippen LogP contribution in [0.4, 0.5) is 18.0 Å². The second-order valence-corrected chi connectivity index (χ2v) is 21.4. The highest BCUT2D eigenvalue weighted by atomic mass is 28.4. The van der Waals surface area contributed by atoms with Gasteiger partial charge in [-0.2, -0.15) is 13.2 Å². The summed E-state index contributed by atoms with van der Waals surface area (Å²) < 4.78 is 60.3. The molecule has 3 unspecified atom stereocenters. The third-order valence-corrected chi connectivity index (χ3v) is 15.8. The molecule has 1 aliphatic carbocycles. The molecule has 50 heavy (non-hydrogen) atoms. The molecule has 1 saturated heterocycles. The minimum absolute atomic E-state index is 0.00901. The van der Waals surface area contributed by atoms with Gasteiger partial charge in [0.1, 0.15) is 12.7 Å². The second-order valence-electron chi connectivity index (χ2n) is 16.7. The first-order chi connectivity index (χ1) is 23.3. The van der Waals surface area contributed by atoms with Crippen molar-refractivity contribution in [2.24, 2.45) is 5.41 Å². The molecule has 3 heterocycles. The van der Waals surface area contributed by atoms with Crippen LogP contribution in [0.1, 0.15) is 130 Å². The van der Waals surface area contributed by atoms with Crippen molar-refractivity contribution in [3.63, 3.8) is 0 Å². The number of hydrogen-bond acceptors (Lipinski definition) is 5. The van der Waals surface area contributed by atoms with Crippen LogP contribution in [0.3, 0.4) is 0 Å². The van der Waals surface area contributed by atoms with Gasteiger partial charge < -0.3 is 18.8 Å². The number of benzene rings is 2. The molecule has 2 aromatic carbocycles. The number of nitrogens with zero attached hydrogens (tertiary/aromatic N) is 2. The van der Waals surface area contributed by atoms with Crippen molar-refractivity contribution >= 4 is 14.4 Å². The lowest BCUT2D eigenvalue weighted by Crippen LogP contribution is -2.44. The Hall–Kier alpha value is -3.21. The first-order valence-corrected chi connectivity index (χ1v) is 20.8. The molecule has 6 nitrogen and oxygen atoms in total. The summed E-state index contributed by atoms with van der Waals surface area (Å²) in [6.45, 7) is 19.1. The SMILES string of the molecule is CC1OC(c2ccc(C(F)(F)F)cc2)c2c1nc1c(c2C2CCN(C(=O)OCc3ccccc3)CC2)C(O[Si](C)(C)C(C)(C)C)CC(C)(C)C1. The average Bonchev–Trinajstić information content (AvgIpc) is 3.37. The highest BCUT2D eigenvalue weighted by Gasteiger charge is 2.47. The van der Waals surface area contributed by atoms with E-state index in [4.69, 9.17) is 18.9 Å². The Morgan fingerprint density at radius 1 is 0.980 bits per heavy atom. The van der Waals surface area contributed by atoms with Gasteiger partial charge >= 0.3 is 12.3 Å². The van der Waals surface area contributed by atoms with E-state index in [0.29, 0.717) is 31.5 Å². The molecule has 3 atom stereocenters. The number of aromatic nitrogens is 1. The number of pyridine rings is 1. The Morgan fingerprint density at radius 2 is 1.62 bits per heavy atom. The third kappa shape index (κ3) is 7.39. The number of carbonyl (C=O) groups is 1. The lowest BCUT2D eigenvalue weighted by atomic mass is 9.70. The first kappa shape index (κ1) is 36.6. The van der Waals surface area contributed by atoms with Crippen molar-refractivity contribution in [2.75, 3.05) is 13.1 Å². The summed E-state index contributed by atoms with van der Waals surface area (Å²) in [5.41, 5.74) is 6.03. The molecule has 270 valence electrons. The van der Waals surface area contributed by atoms with Crippen LogP contribution in [0.25, 0.3) is 0 Å². The number of piperidine rings is 1. The summed E-state index contributed by atoms with van der Waals surface area (Å²) in [7, 11) is -2.24. The van der Waals surface area contributed by atoms with Gasteiger partial charge in [0.25, 0.3) is 0 Å². The minimum atomic E-state index is -4.43. The Kier molecular flexibility index (Phi) is 9.80. The maximum absolute atomic E-state index is 13.6. The minimum Gasteiger partial charge on any atom is -0.445 e. The van der Waals surface area contributed by atoms with Gasteiger partial charge in [-0.1, -0.05) is 77.1 Å². The fourth-order valence-corrected chi connectivity index (χ4v) is 8.84. The third-order valence-electron chi connectivity index (χ3n) is 11.3. The van der Waals surface area contributed by atoms with Crippen molar-refractivity contribution in [2.45, 2.75) is 122 Å². The van der Waals surface area contributed by atoms with Crippen LogP contribution < -0.4 is 0 Å². The van der Waals surface area contributed by atoms with Gasteiger partial charge in [0.15, 0.2) is 8.32 Å². The molecule has 1 fully saturated rings. The molecule has 0 saturated carbocycles. The molecular formula is C40H51F3N2O4Si. The van der Waals surface area contributed by atoms with E-state index in [-0.39, 0.29) is 41.3 Å². The maximum Gasteiger partial charge on any atom is 0.416 e. The number of halogens is 3. The van der Waals surface area contributed by atoms with E-state index in [9.17, 15) is 18.0 Å². The Bertz CT molecular complexity index is 1690. The fourth-order valence-electron chi connectivity index (χ4n) is 7.58. The number of fused-ring (bicyclic) bond motifs is 2. The van der Waals surface area contributed by atoms with E-state index in [1.165, 1.54) is 12.1 Å². The van der Waals surface area contributed by atoms with Gasteiger partial charge in [0.05, 0.1) is 23.5 Å². The van der Waals surface area contributed by atoms with Gasteiger partial charge in [0.2, 0.25) is 0 Å². The molecule has 2 aliphatic heterocycles. The van der Waals surface area contributed by atoms with Crippen LogP contribution >= 0.6 is 0 Å². The molecule has 0 spiro atoms. The van der Waals surface area contributed by atoms with Gasteiger partial charge in [-0.05, 0) is 90.9 Å². The van der Waals surface area contributed by atoms with Crippen molar-refractivity contribution in [1.29, 1.82) is 0 Å². The summed E-state index contributed by atoms with van der Waals surface area (Å²) in [6.07, 6.45) is -2.76. The van der Waals surface area contributed by atoms with Crippen LogP contribution in [0.5, 0.6) is 0 Å². The number of likely N-dealkylation sites (tertiary alicyclic amines) is 1. The number of amides is 1. The summed E-state index contributed by atoms with van der Waals surface area (Å²) in [5, 5.41) is -0.00901. The van der Waals surface area contributed by atoms with Gasteiger partial charge in [-0.3, -0.25) is 4.98 Å². The zero-order chi connectivity index (χ0) is 36.2. The smallest absolute Gasteiger partial charge is 0.416 e. The van der Waals surface area contributed by atoms with Gasteiger partial charge in [-0.25, -0.2) is 4.79 Å². The molecule has 0 radical (unpaired) electrons. The molecule has 10 heteroatoms. The number of carbonyl (C=O) groups excluding carboxylic acids is 1. The number of rotatable bonds is 6. The van der Waals surface area contributed by atoms with Crippen molar-refractivity contribution in [3.8, 4) is 0 Å². The van der Waals surface area contributed by atoms with E-state index < -0.39 is 26.2 Å². The van der Waals surface area contributed by atoms with Crippen molar-refractivity contribution in [1.82, 2.24) is 9.88 Å². The monoisotopic (exact) mass is 708 g/mol. The number of ether oxygens (including phenoxy) is 2. The normalized spacial score (nSPS) is 22.6. The quantitative estimate of drug-likeness (QED) is 0.239.